The average molecular weight is 318 g/mol. The molecule has 3 N–H and O–H groups in total. The van der Waals surface area contributed by atoms with E-state index in [2.05, 4.69) is 10.5 Å². The molecule has 0 aliphatic heterocycles. The van der Waals surface area contributed by atoms with Gasteiger partial charge in [-0.05, 0) is 31.2 Å². The molecule has 0 saturated heterocycles. The van der Waals surface area contributed by atoms with Crippen molar-refractivity contribution < 1.29 is 24.1 Å². The lowest BCUT2D eigenvalue weighted by molar-refractivity contribution is -0.127. The third-order valence-electron chi connectivity index (χ3n) is 2.91. The Labute approximate surface area is 131 Å². The van der Waals surface area contributed by atoms with E-state index in [1.54, 1.807) is 0 Å². The van der Waals surface area contributed by atoms with Crippen molar-refractivity contribution in [1.29, 1.82) is 0 Å². The fourth-order valence-corrected chi connectivity index (χ4v) is 1.72. The number of ether oxygens (including phenoxy) is 1. The number of carbonyl (C=O) groups is 1. The number of hydrogen-bond donors (Lipinski definition) is 3. The Morgan fingerprint density at radius 3 is 2.57 bits per heavy atom. The standard InChI is InChI=1S/C16H15FN2O4/c1-10(23-12-5-2-4-11(17)8-12)16(22)19-18-9-13-14(20)6-3-7-15(13)21/h2-10,20-21H,1H3,(H,19,22). The van der Waals surface area contributed by atoms with Crippen LogP contribution in [0.1, 0.15) is 12.5 Å². The van der Waals surface area contributed by atoms with Crippen LogP contribution in [0.3, 0.4) is 0 Å². The van der Waals surface area contributed by atoms with E-state index in [0.29, 0.717) is 0 Å². The molecule has 2 rings (SSSR count). The normalized spacial score (nSPS) is 12.1. The van der Waals surface area contributed by atoms with Crippen LogP contribution in [-0.2, 0) is 4.79 Å². The van der Waals surface area contributed by atoms with E-state index in [4.69, 9.17) is 4.74 Å². The Morgan fingerprint density at radius 2 is 1.91 bits per heavy atom. The van der Waals surface area contributed by atoms with Crippen LogP contribution in [0.25, 0.3) is 0 Å². The first-order valence-corrected chi connectivity index (χ1v) is 6.73. The Hall–Kier alpha value is -3.09. The summed E-state index contributed by atoms with van der Waals surface area (Å²) in [5.41, 5.74) is 2.29. The number of carbonyl (C=O) groups excluding carboxylic acids is 1. The van der Waals surface area contributed by atoms with Gasteiger partial charge in [-0.3, -0.25) is 4.79 Å². The van der Waals surface area contributed by atoms with Gasteiger partial charge >= 0.3 is 0 Å². The minimum atomic E-state index is -0.910. The summed E-state index contributed by atoms with van der Waals surface area (Å²) in [4.78, 5) is 11.8. The third-order valence-corrected chi connectivity index (χ3v) is 2.91. The number of aromatic hydroxyl groups is 2. The summed E-state index contributed by atoms with van der Waals surface area (Å²) in [6, 6.07) is 9.63. The molecule has 0 aliphatic carbocycles. The molecule has 0 fully saturated rings. The van der Waals surface area contributed by atoms with E-state index in [9.17, 15) is 19.4 Å². The molecule has 0 heterocycles. The zero-order valence-electron chi connectivity index (χ0n) is 12.2. The first-order valence-electron chi connectivity index (χ1n) is 6.73. The molecule has 0 bridgehead atoms. The molecular weight excluding hydrogens is 303 g/mol. The van der Waals surface area contributed by atoms with Crippen LogP contribution in [0.4, 0.5) is 4.39 Å². The van der Waals surface area contributed by atoms with Gasteiger partial charge in [0.15, 0.2) is 6.10 Å². The first-order chi connectivity index (χ1) is 11.0. The molecular formula is C16H15FN2O4. The van der Waals surface area contributed by atoms with Crippen molar-refractivity contribution >= 4 is 12.1 Å². The molecule has 1 atom stereocenters. The maximum atomic E-state index is 13.0. The fraction of sp³-hybridized carbons (Fsp3) is 0.125. The lowest BCUT2D eigenvalue weighted by atomic mass is 10.2. The Kier molecular flexibility index (Phi) is 5.14. The summed E-state index contributed by atoms with van der Waals surface area (Å²) in [5, 5.41) is 22.8. The van der Waals surface area contributed by atoms with E-state index in [0.717, 1.165) is 12.3 Å². The summed E-state index contributed by atoms with van der Waals surface area (Å²) < 4.78 is 18.3. The van der Waals surface area contributed by atoms with Crippen molar-refractivity contribution in [2.45, 2.75) is 13.0 Å². The Bertz CT molecular complexity index is 714. The molecule has 2 aromatic rings. The maximum absolute atomic E-state index is 13.0. The zero-order chi connectivity index (χ0) is 16.8. The van der Waals surface area contributed by atoms with Crippen LogP contribution >= 0.6 is 0 Å². The smallest absolute Gasteiger partial charge is 0.280 e. The largest absolute Gasteiger partial charge is 0.507 e. The van der Waals surface area contributed by atoms with Crippen LogP contribution in [-0.4, -0.2) is 28.4 Å². The predicted octanol–water partition coefficient (Wildman–Crippen LogP) is 2.15. The number of benzene rings is 2. The highest BCUT2D eigenvalue weighted by Crippen LogP contribution is 2.23. The number of rotatable bonds is 5. The van der Waals surface area contributed by atoms with Gasteiger partial charge < -0.3 is 14.9 Å². The van der Waals surface area contributed by atoms with Gasteiger partial charge in [-0.25, -0.2) is 9.82 Å². The minimum absolute atomic E-state index is 0.0755. The third kappa shape index (κ3) is 4.44. The van der Waals surface area contributed by atoms with Gasteiger partial charge in [0.2, 0.25) is 0 Å². The Balaban J connectivity index is 1.95. The molecule has 0 spiro atoms. The SMILES string of the molecule is CC(Oc1cccc(F)c1)C(=O)NN=Cc1c(O)cccc1O. The molecule has 120 valence electrons. The minimum Gasteiger partial charge on any atom is -0.507 e. The van der Waals surface area contributed by atoms with Gasteiger partial charge in [0, 0.05) is 6.07 Å². The number of halogens is 1. The summed E-state index contributed by atoms with van der Waals surface area (Å²) >= 11 is 0. The molecule has 7 heteroatoms. The van der Waals surface area contributed by atoms with Crippen LogP contribution in [0, 0.1) is 5.82 Å². The van der Waals surface area contributed by atoms with Crippen molar-refractivity contribution in [2.24, 2.45) is 5.10 Å². The van der Waals surface area contributed by atoms with E-state index < -0.39 is 17.8 Å². The number of phenolic OH excluding ortho intramolecular Hbond substituents is 2. The molecule has 0 saturated carbocycles. The molecule has 0 aliphatic rings. The van der Waals surface area contributed by atoms with Crippen LogP contribution in [0.2, 0.25) is 0 Å². The quantitative estimate of drug-likeness (QED) is 0.582. The molecule has 1 unspecified atom stereocenters. The predicted molar refractivity (Wildman–Crippen MR) is 82.0 cm³/mol. The number of nitrogens with one attached hydrogen (secondary N) is 1. The van der Waals surface area contributed by atoms with E-state index in [1.165, 1.54) is 43.3 Å². The van der Waals surface area contributed by atoms with E-state index in [1.807, 2.05) is 0 Å². The second kappa shape index (κ2) is 7.26. The maximum Gasteiger partial charge on any atom is 0.280 e. The lowest BCUT2D eigenvalue weighted by Crippen LogP contribution is -2.33. The van der Waals surface area contributed by atoms with Crippen molar-refractivity contribution in [3.8, 4) is 17.2 Å². The number of hydrogen-bond acceptors (Lipinski definition) is 5. The van der Waals surface area contributed by atoms with Crippen LogP contribution in [0.15, 0.2) is 47.6 Å². The molecule has 23 heavy (non-hydrogen) atoms. The van der Waals surface area contributed by atoms with Gasteiger partial charge in [0.05, 0.1) is 11.8 Å². The number of phenols is 2. The van der Waals surface area contributed by atoms with Gasteiger partial charge in [-0.1, -0.05) is 12.1 Å². The van der Waals surface area contributed by atoms with Crippen molar-refractivity contribution in [1.82, 2.24) is 5.43 Å². The topological polar surface area (TPSA) is 91.2 Å². The molecule has 0 aromatic heterocycles. The van der Waals surface area contributed by atoms with Crippen molar-refractivity contribution in [2.75, 3.05) is 0 Å². The highest BCUT2D eigenvalue weighted by molar-refractivity contribution is 5.88. The Morgan fingerprint density at radius 1 is 1.26 bits per heavy atom. The zero-order valence-corrected chi connectivity index (χ0v) is 12.2. The van der Waals surface area contributed by atoms with E-state index in [-0.39, 0.29) is 22.8 Å². The van der Waals surface area contributed by atoms with Crippen LogP contribution in [0.5, 0.6) is 17.2 Å². The molecule has 2 aromatic carbocycles. The molecule has 1 amide bonds. The fourth-order valence-electron chi connectivity index (χ4n) is 1.72. The molecule has 6 nitrogen and oxygen atoms in total. The average Bonchev–Trinajstić information content (AvgIpc) is 2.50. The second-order valence-corrected chi connectivity index (χ2v) is 4.66. The number of amides is 1. The lowest BCUT2D eigenvalue weighted by Gasteiger charge is -2.12. The van der Waals surface area contributed by atoms with Crippen molar-refractivity contribution in [3.05, 3.63) is 53.8 Å². The van der Waals surface area contributed by atoms with Gasteiger partial charge in [0.1, 0.15) is 23.1 Å². The molecule has 0 radical (unpaired) electrons. The summed E-state index contributed by atoms with van der Waals surface area (Å²) in [7, 11) is 0. The van der Waals surface area contributed by atoms with E-state index >= 15 is 0 Å². The van der Waals surface area contributed by atoms with Gasteiger partial charge in [-0.15, -0.1) is 0 Å². The summed E-state index contributed by atoms with van der Waals surface area (Å²) in [6.45, 7) is 1.48. The monoisotopic (exact) mass is 318 g/mol. The van der Waals surface area contributed by atoms with Gasteiger partial charge in [0.25, 0.3) is 5.91 Å². The summed E-state index contributed by atoms with van der Waals surface area (Å²) in [5.74, 6) is -1.17. The van der Waals surface area contributed by atoms with Gasteiger partial charge in [-0.2, -0.15) is 5.10 Å². The highest BCUT2D eigenvalue weighted by Gasteiger charge is 2.14. The second-order valence-electron chi connectivity index (χ2n) is 4.66. The van der Waals surface area contributed by atoms with Crippen LogP contribution < -0.4 is 10.2 Å². The highest BCUT2D eigenvalue weighted by atomic mass is 19.1. The van der Waals surface area contributed by atoms with Crippen molar-refractivity contribution in [3.63, 3.8) is 0 Å². The number of nitrogens with zero attached hydrogens (tertiary/aromatic N) is 1. The number of hydrazone groups is 1. The summed E-state index contributed by atoms with van der Waals surface area (Å²) in [6.07, 6.45) is 0.198. The first kappa shape index (κ1) is 16.3.